The summed E-state index contributed by atoms with van der Waals surface area (Å²) in [4.78, 5) is 7.55. The van der Waals surface area contributed by atoms with Crippen molar-refractivity contribution in [1.82, 2.24) is 9.97 Å². The number of ether oxygens (including phenoxy) is 1. The van der Waals surface area contributed by atoms with Gasteiger partial charge in [0.05, 0.1) is 11.5 Å². The highest BCUT2D eigenvalue weighted by Crippen LogP contribution is 2.28. The number of aromatic nitrogens is 2. The molecular formula is C12H9Cl2N3O3S. The van der Waals surface area contributed by atoms with Gasteiger partial charge in [-0.2, -0.15) is 4.98 Å². The van der Waals surface area contributed by atoms with Crippen molar-refractivity contribution in [3.8, 4) is 5.75 Å². The summed E-state index contributed by atoms with van der Waals surface area (Å²) in [5.74, 6) is 0.721. The molecule has 3 rings (SSSR count). The van der Waals surface area contributed by atoms with Gasteiger partial charge in [-0.1, -0.05) is 11.6 Å². The lowest BCUT2D eigenvalue weighted by molar-refractivity contribution is 0.356. The average Bonchev–Trinajstić information content (AvgIpc) is 2.83. The highest BCUT2D eigenvalue weighted by molar-refractivity contribution is 7.92. The topological polar surface area (TPSA) is 81.2 Å². The first-order chi connectivity index (χ1) is 9.94. The summed E-state index contributed by atoms with van der Waals surface area (Å²) < 4.78 is 32.3. The highest BCUT2D eigenvalue weighted by Gasteiger charge is 2.20. The lowest BCUT2D eigenvalue weighted by Crippen LogP contribution is -2.14. The zero-order chi connectivity index (χ0) is 15.0. The third-order valence-corrected chi connectivity index (χ3v) is 4.59. The molecule has 1 aliphatic heterocycles. The molecule has 2 aromatic rings. The number of benzene rings is 1. The maximum atomic E-state index is 12.3. The van der Waals surface area contributed by atoms with Crippen molar-refractivity contribution in [2.75, 3.05) is 11.3 Å². The van der Waals surface area contributed by atoms with E-state index >= 15 is 0 Å². The average molecular weight is 346 g/mol. The maximum Gasteiger partial charge on any atom is 0.263 e. The smallest absolute Gasteiger partial charge is 0.263 e. The van der Waals surface area contributed by atoms with Gasteiger partial charge < -0.3 is 4.74 Å². The molecule has 110 valence electrons. The third-order valence-electron chi connectivity index (χ3n) is 2.88. The summed E-state index contributed by atoms with van der Waals surface area (Å²) in [6, 6.07) is 5.96. The van der Waals surface area contributed by atoms with Gasteiger partial charge in [0, 0.05) is 12.5 Å². The Morgan fingerprint density at radius 1 is 1.19 bits per heavy atom. The molecule has 0 atom stereocenters. The second kappa shape index (κ2) is 5.32. The Morgan fingerprint density at radius 3 is 2.76 bits per heavy atom. The fourth-order valence-corrected chi connectivity index (χ4v) is 3.42. The predicted octanol–water partition coefficient (Wildman–Crippen LogP) is 2.52. The lowest BCUT2D eigenvalue weighted by Gasteiger charge is -2.08. The molecule has 0 fully saturated rings. The molecule has 1 aliphatic rings. The van der Waals surface area contributed by atoms with Crippen molar-refractivity contribution < 1.29 is 13.2 Å². The van der Waals surface area contributed by atoms with Crippen LogP contribution in [0.2, 0.25) is 10.4 Å². The molecule has 0 aliphatic carbocycles. The Morgan fingerprint density at radius 2 is 2.00 bits per heavy atom. The summed E-state index contributed by atoms with van der Waals surface area (Å²) in [5, 5.41) is -0.0855. The van der Waals surface area contributed by atoms with Crippen LogP contribution in [0.1, 0.15) is 5.56 Å². The number of halogens is 2. The SMILES string of the molecule is O=S(=O)(Nc1cc(Cl)nc(Cl)n1)c1ccc2c(c1)CCO2. The lowest BCUT2D eigenvalue weighted by atomic mass is 10.2. The number of nitrogens with zero attached hydrogens (tertiary/aromatic N) is 2. The fourth-order valence-electron chi connectivity index (χ4n) is 1.97. The molecule has 2 heterocycles. The van der Waals surface area contributed by atoms with Gasteiger partial charge in [0.2, 0.25) is 5.28 Å². The van der Waals surface area contributed by atoms with E-state index < -0.39 is 10.0 Å². The number of hydrogen-bond donors (Lipinski definition) is 1. The Kier molecular flexibility index (Phi) is 3.64. The van der Waals surface area contributed by atoms with Crippen LogP contribution in [-0.4, -0.2) is 25.0 Å². The van der Waals surface area contributed by atoms with Crippen molar-refractivity contribution >= 4 is 39.0 Å². The minimum Gasteiger partial charge on any atom is -0.493 e. The molecule has 0 saturated heterocycles. The van der Waals surface area contributed by atoms with Gasteiger partial charge in [-0.25, -0.2) is 13.4 Å². The van der Waals surface area contributed by atoms with Gasteiger partial charge in [0.15, 0.2) is 0 Å². The van der Waals surface area contributed by atoms with Gasteiger partial charge in [0.1, 0.15) is 16.7 Å². The first-order valence-electron chi connectivity index (χ1n) is 5.93. The zero-order valence-electron chi connectivity index (χ0n) is 10.5. The molecule has 0 radical (unpaired) electrons. The highest BCUT2D eigenvalue weighted by atomic mass is 35.5. The van der Waals surface area contributed by atoms with Crippen molar-refractivity contribution in [1.29, 1.82) is 0 Å². The van der Waals surface area contributed by atoms with Crippen molar-refractivity contribution in [3.63, 3.8) is 0 Å². The Bertz CT molecular complexity index is 791. The van der Waals surface area contributed by atoms with E-state index in [0.29, 0.717) is 18.8 Å². The third kappa shape index (κ3) is 3.04. The van der Waals surface area contributed by atoms with E-state index in [0.717, 1.165) is 5.56 Å². The largest absolute Gasteiger partial charge is 0.493 e. The quantitative estimate of drug-likeness (QED) is 0.682. The van der Waals surface area contributed by atoms with Crippen LogP contribution < -0.4 is 9.46 Å². The van der Waals surface area contributed by atoms with Crippen LogP contribution in [0.15, 0.2) is 29.2 Å². The Labute approximate surface area is 131 Å². The second-order valence-electron chi connectivity index (χ2n) is 4.32. The van der Waals surface area contributed by atoms with Crippen LogP contribution in [-0.2, 0) is 16.4 Å². The van der Waals surface area contributed by atoms with E-state index in [1.54, 1.807) is 12.1 Å². The number of sulfonamides is 1. The molecule has 1 N–H and O–H groups in total. The summed E-state index contributed by atoms with van der Waals surface area (Å²) in [7, 11) is -3.78. The van der Waals surface area contributed by atoms with Gasteiger partial charge in [0.25, 0.3) is 10.0 Å². The van der Waals surface area contributed by atoms with E-state index in [2.05, 4.69) is 14.7 Å². The molecule has 0 saturated carbocycles. The fraction of sp³-hybridized carbons (Fsp3) is 0.167. The number of nitrogens with one attached hydrogen (secondary N) is 1. The van der Waals surface area contributed by atoms with E-state index in [4.69, 9.17) is 27.9 Å². The van der Waals surface area contributed by atoms with Crippen LogP contribution in [0.25, 0.3) is 0 Å². The number of rotatable bonds is 3. The number of fused-ring (bicyclic) bond motifs is 1. The minimum atomic E-state index is -3.78. The van der Waals surface area contributed by atoms with E-state index in [1.807, 2.05) is 0 Å². The molecule has 21 heavy (non-hydrogen) atoms. The second-order valence-corrected chi connectivity index (χ2v) is 6.73. The summed E-state index contributed by atoms with van der Waals surface area (Å²) in [5.41, 5.74) is 0.858. The Hall–Kier alpha value is -1.57. The summed E-state index contributed by atoms with van der Waals surface area (Å²) in [6.45, 7) is 0.559. The molecule has 9 heteroatoms. The first-order valence-corrected chi connectivity index (χ1v) is 8.16. The monoisotopic (exact) mass is 345 g/mol. The van der Waals surface area contributed by atoms with Crippen molar-refractivity contribution in [3.05, 3.63) is 40.3 Å². The van der Waals surface area contributed by atoms with Crippen molar-refractivity contribution in [2.24, 2.45) is 0 Å². The number of hydrogen-bond acceptors (Lipinski definition) is 5. The first kappa shape index (κ1) is 14.4. The van der Waals surface area contributed by atoms with Crippen LogP contribution in [0.4, 0.5) is 5.82 Å². The maximum absolute atomic E-state index is 12.3. The van der Waals surface area contributed by atoms with Crippen LogP contribution in [0.3, 0.4) is 0 Å². The van der Waals surface area contributed by atoms with E-state index in [-0.39, 0.29) is 21.2 Å². The van der Waals surface area contributed by atoms with Crippen LogP contribution in [0.5, 0.6) is 5.75 Å². The molecule has 0 spiro atoms. The molecule has 0 bridgehead atoms. The Balaban J connectivity index is 1.93. The van der Waals surface area contributed by atoms with Gasteiger partial charge >= 0.3 is 0 Å². The zero-order valence-corrected chi connectivity index (χ0v) is 12.8. The van der Waals surface area contributed by atoms with Gasteiger partial charge in [-0.05, 0) is 35.4 Å². The molecule has 0 amide bonds. The van der Waals surface area contributed by atoms with Crippen LogP contribution in [0, 0.1) is 0 Å². The summed E-state index contributed by atoms with van der Waals surface area (Å²) in [6.07, 6.45) is 0.684. The molecule has 0 unspecified atom stereocenters. The predicted molar refractivity (Wildman–Crippen MR) is 78.5 cm³/mol. The molecule has 1 aromatic carbocycles. The molecule has 6 nitrogen and oxygen atoms in total. The van der Waals surface area contributed by atoms with E-state index in [1.165, 1.54) is 12.1 Å². The van der Waals surface area contributed by atoms with Crippen molar-refractivity contribution in [2.45, 2.75) is 11.3 Å². The standard InChI is InChI=1S/C12H9Cl2N3O3S/c13-10-6-11(16-12(14)15-10)17-21(18,19)8-1-2-9-7(5-8)3-4-20-9/h1-2,5-6H,3-4H2,(H,15,16,17). The molecular weight excluding hydrogens is 337 g/mol. The van der Waals surface area contributed by atoms with Gasteiger partial charge in [-0.3, -0.25) is 4.72 Å². The molecule has 1 aromatic heterocycles. The number of anilines is 1. The van der Waals surface area contributed by atoms with Gasteiger partial charge in [-0.15, -0.1) is 0 Å². The van der Waals surface area contributed by atoms with Crippen LogP contribution >= 0.6 is 23.2 Å². The van der Waals surface area contributed by atoms with E-state index in [9.17, 15) is 8.42 Å². The minimum absolute atomic E-state index is 0.0109. The summed E-state index contributed by atoms with van der Waals surface area (Å²) >= 11 is 11.4. The normalized spacial score (nSPS) is 13.6.